The average molecular weight is 312 g/mol. The molecule has 0 spiro atoms. The van der Waals surface area contributed by atoms with E-state index in [0.29, 0.717) is 4.90 Å². The van der Waals surface area contributed by atoms with Crippen molar-refractivity contribution in [2.24, 2.45) is 0 Å². The Kier molecular flexibility index (Phi) is 3.14. The molecule has 114 valence electrons. The molecule has 0 bridgehead atoms. The molecule has 2 aromatic rings. The molecular weight excluding hydrogens is 304 g/mol. The number of hydrogen-bond acceptors (Lipinski definition) is 5. The second-order valence-electron chi connectivity index (χ2n) is 4.73. The van der Waals surface area contributed by atoms with Gasteiger partial charge < -0.3 is 5.11 Å². The van der Waals surface area contributed by atoms with Crippen LogP contribution in [0.1, 0.15) is 31.1 Å². The van der Waals surface area contributed by atoms with E-state index in [1.807, 2.05) is 0 Å². The lowest BCUT2D eigenvalue weighted by Crippen LogP contribution is -2.30. The first-order chi connectivity index (χ1) is 10.9. The zero-order valence-corrected chi connectivity index (χ0v) is 11.4. The zero-order valence-electron chi connectivity index (χ0n) is 11.4. The minimum absolute atomic E-state index is 0.118. The molecule has 0 aromatic heterocycles. The minimum Gasteiger partial charge on any atom is -0.477 e. The molecule has 2 aromatic carbocycles. The van der Waals surface area contributed by atoms with Crippen LogP contribution >= 0.6 is 0 Å². The largest absolute Gasteiger partial charge is 0.477 e. The highest BCUT2D eigenvalue weighted by molar-refractivity contribution is 6.35. The summed E-state index contributed by atoms with van der Waals surface area (Å²) < 4.78 is 0. The number of nitrogens with zero attached hydrogens (tertiary/aromatic N) is 2. The number of para-hydroxylation sites is 1. The molecule has 0 unspecified atom stereocenters. The molecule has 1 N–H and O–H groups in total. The Bertz CT molecular complexity index is 854. The summed E-state index contributed by atoms with van der Waals surface area (Å²) in [5, 5.41) is 20.4. The van der Waals surface area contributed by atoms with Gasteiger partial charge in [-0.3, -0.25) is 19.7 Å². The van der Waals surface area contributed by atoms with E-state index in [0.717, 1.165) is 6.07 Å². The fraction of sp³-hybridized carbons (Fsp3) is 0. The number of carboxylic acids is 1. The van der Waals surface area contributed by atoms with Crippen molar-refractivity contribution in [2.45, 2.75) is 0 Å². The van der Waals surface area contributed by atoms with Gasteiger partial charge in [-0.2, -0.15) is 0 Å². The third-order valence-electron chi connectivity index (χ3n) is 3.46. The predicted octanol–water partition coefficient (Wildman–Crippen LogP) is 2.09. The van der Waals surface area contributed by atoms with Crippen LogP contribution in [0.25, 0.3) is 0 Å². The van der Waals surface area contributed by atoms with Crippen LogP contribution in [-0.4, -0.2) is 27.8 Å². The number of hydrogen-bond donors (Lipinski definition) is 1. The summed E-state index contributed by atoms with van der Waals surface area (Å²) in [6.07, 6.45) is 0. The van der Waals surface area contributed by atoms with E-state index in [9.17, 15) is 24.5 Å². The molecule has 0 fully saturated rings. The molecule has 0 saturated carbocycles. The Balaban J connectivity index is 2.23. The quantitative estimate of drug-likeness (QED) is 0.526. The second kappa shape index (κ2) is 5.02. The van der Waals surface area contributed by atoms with Gasteiger partial charge in [0.25, 0.3) is 11.8 Å². The van der Waals surface area contributed by atoms with Gasteiger partial charge >= 0.3 is 11.7 Å². The van der Waals surface area contributed by atoms with E-state index in [2.05, 4.69) is 0 Å². The normalized spacial score (nSPS) is 13.1. The number of aromatic carboxylic acids is 1. The summed E-state index contributed by atoms with van der Waals surface area (Å²) in [6, 6.07) is 9.46. The first-order valence-corrected chi connectivity index (χ1v) is 6.42. The van der Waals surface area contributed by atoms with Gasteiger partial charge in [0.05, 0.1) is 16.1 Å². The van der Waals surface area contributed by atoms with Crippen LogP contribution < -0.4 is 4.90 Å². The number of carbonyl (C=O) groups is 3. The van der Waals surface area contributed by atoms with Gasteiger partial charge in [-0.05, 0) is 24.3 Å². The Morgan fingerprint density at radius 3 is 2.04 bits per heavy atom. The number of carbonyl (C=O) groups excluding carboxylic acids is 2. The van der Waals surface area contributed by atoms with Crippen LogP contribution in [-0.2, 0) is 0 Å². The number of carboxylic acid groups (broad SMARTS) is 1. The lowest BCUT2D eigenvalue weighted by atomic mass is 10.1. The molecule has 23 heavy (non-hydrogen) atoms. The van der Waals surface area contributed by atoms with Crippen molar-refractivity contribution in [3.63, 3.8) is 0 Å². The van der Waals surface area contributed by atoms with Crippen molar-refractivity contribution in [3.8, 4) is 0 Å². The van der Waals surface area contributed by atoms with E-state index in [1.54, 1.807) is 12.1 Å². The van der Waals surface area contributed by atoms with E-state index in [4.69, 9.17) is 5.11 Å². The van der Waals surface area contributed by atoms with E-state index < -0.39 is 34.0 Å². The number of benzene rings is 2. The summed E-state index contributed by atoms with van der Waals surface area (Å²) in [5.74, 6) is -2.97. The van der Waals surface area contributed by atoms with Gasteiger partial charge in [0, 0.05) is 0 Å². The van der Waals surface area contributed by atoms with Gasteiger partial charge in [-0.15, -0.1) is 0 Å². The third kappa shape index (κ3) is 2.04. The number of rotatable bonds is 3. The van der Waals surface area contributed by atoms with Gasteiger partial charge in [-0.1, -0.05) is 18.2 Å². The lowest BCUT2D eigenvalue weighted by Gasteiger charge is -2.14. The number of fused-ring (bicyclic) bond motifs is 1. The maximum atomic E-state index is 12.4. The molecule has 3 rings (SSSR count). The molecule has 2 amide bonds. The number of anilines is 1. The molecule has 8 heteroatoms. The lowest BCUT2D eigenvalue weighted by molar-refractivity contribution is -0.384. The highest BCUT2D eigenvalue weighted by Gasteiger charge is 2.40. The molecule has 0 aliphatic carbocycles. The van der Waals surface area contributed by atoms with Gasteiger partial charge in [0.2, 0.25) is 0 Å². The highest BCUT2D eigenvalue weighted by Crippen LogP contribution is 2.36. The zero-order chi connectivity index (χ0) is 16.7. The number of amides is 2. The van der Waals surface area contributed by atoms with Crippen LogP contribution in [0.2, 0.25) is 0 Å². The number of nitro benzene ring substituents is 1. The summed E-state index contributed by atoms with van der Waals surface area (Å²) >= 11 is 0. The van der Waals surface area contributed by atoms with E-state index >= 15 is 0 Å². The van der Waals surface area contributed by atoms with Crippen molar-refractivity contribution >= 4 is 29.2 Å². The van der Waals surface area contributed by atoms with Gasteiger partial charge in [-0.25, -0.2) is 9.69 Å². The first kappa shape index (κ1) is 14.4. The van der Waals surface area contributed by atoms with Crippen molar-refractivity contribution in [1.29, 1.82) is 0 Å². The Morgan fingerprint density at radius 1 is 1.00 bits per heavy atom. The molecule has 8 nitrogen and oxygen atoms in total. The molecule has 0 radical (unpaired) electrons. The monoisotopic (exact) mass is 312 g/mol. The first-order valence-electron chi connectivity index (χ1n) is 6.42. The fourth-order valence-electron chi connectivity index (χ4n) is 2.48. The minimum atomic E-state index is -1.52. The summed E-state index contributed by atoms with van der Waals surface area (Å²) in [6.45, 7) is 0. The average Bonchev–Trinajstić information content (AvgIpc) is 2.78. The maximum absolute atomic E-state index is 12.4. The highest BCUT2D eigenvalue weighted by atomic mass is 16.6. The van der Waals surface area contributed by atoms with Gasteiger partial charge in [0.1, 0.15) is 11.3 Å². The summed E-state index contributed by atoms with van der Waals surface area (Å²) in [7, 11) is 0. The van der Waals surface area contributed by atoms with Crippen molar-refractivity contribution in [2.75, 3.05) is 4.90 Å². The standard InChI is InChI=1S/C15H8N2O6/c18-13-8-4-1-2-5-9(8)14(19)16(13)11-7-3-6-10(15(20)21)12(11)17(22)23/h1-7H,(H,20,21). The molecule has 0 atom stereocenters. The third-order valence-corrected chi connectivity index (χ3v) is 3.46. The summed E-state index contributed by atoms with van der Waals surface area (Å²) in [5.41, 5.74) is -1.51. The van der Waals surface area contributed by atoms with Crippen molar-refractivity contribution in [3.05, 3.63) is 69.3 Å². The van der Waals surface area contributed by atoms with Crippen LogP contribution in [0.5, 0.6) is 0 Å². The summed E-state index contributed by atoms with van der Waals surface area (Å²) in [4.78, 5) is 47.0. The van der Waals surface area contributed by atoms with Gasteiger partial charge in [0.15, 0.2) is 0 Å². The van der Waals surface area contributed by atoms with Crippen LogP contribution in [0.4, 0.5) is 11.4 Å². The number of nitro groups is 1. The SMILES string of the molecule is O=C(O)c1cccc(N2C(=O)c3ccccc3C2=O)c1[N+](=O)[O-]. The Morgan fingerprint density at radius 2 is 1.57 bits per heavy atom. The van der Waals surface area contributed by atoms with Crippen LogP contribution in [0.15, 0.2) is 42.5 Å². The smallest absolute Gasteiger partial charge is 0.342 e. The molecule has 0 saturated heterocycles. The maximum Gasteiger partial charge on any atom is 0.342 e. The molecule has 1 aliphatic rings. The molecule has 1 aliphatic heterocycles. The molecular formula is C15H8N2O6. The van der Waals surface area contributed by atoms with Crippen LogP contribution in [0.3, 0.4) is 0 Å². The predicted molar refractivity (Wildman–Crippen MR) is 77.6 cm³/mol. The second-order valence-corrected chi connectivity index (χ2v) is 4.73. The molecule has 1 heterocycles. The van der Waals surface area contributed by atoms with Crippen molar-refractivity contribution in [1.82, 2.24) is 0 Å². The van der Waals surface area contributed by atoms with E-state index in [1.165, 1.54) is 24.3 Å². The number of imide groups is 1. The van der Waals surface area contributed by atoms with Crippen LogP contribution in [0, 0.1) is 10.1 Å². The fourth-order valence-corrected chi connectivity index (χ4v) is 2.48. The van der Waals surface area contributed by atoms with Crippen molar-refractivity contribution < 1.29 is 24.4 Å². The van der Waals surface area contributed by atoms with E-state index in [-0.39, 0.29) is 16.8 Å². The Labute approximate surface area is 128 Å². The Hall–Kier alpha value is -3.55. The topological polar surface area (TPSA) is 118 Å².